The van der Waals surface area contributed by atoms with Gasteiger partial charge in [-0.3, -0.25) is 4.79 Å². The molecular weight excluding hydrogens is 273 g/mol. The summed E-state index contributed by atoms with van der Waals surface area (Å²) in [4.78, 5) is 11.6. The normalized spacial score (nSPS) is 12.8. The lowest BCUT2D eigenvalue weighted by Crippen LogP contribution is -2.20. The number of carbonyl (C=O) groups is 1. The molecule has 0 aliphatic rings. The lowest BCUT2D eigenvalue weighted by atomic mass is 10.2. The van der Waals surface area contributed by atoms with Crippen molar-refractivity contribution in [1.82, 2.24) is 0 Å². The van der Waals surface area contributed by atoms with Crippen LogP contribution in [-0.2, 0) is 4.79 Å². The molecule has 20 heavy (non-hydrogen) atoms. The van der Waals surface area contributed by atoms with Gasteiger partial charge in [-0.2, -0.15) is 13.2 Å². The lowest BCUT2D eigenvalue weighted by molar-refractivity contribution is -0.153. The second-order valence-corrected chi connectivity index (χ2v) is 4.50. The third kappa shape index (κ3) is 6.98. The van der Waals surface area contributed by atoms with Crippen LogP contribution < -0.4 is 15.8 Å². The number of anilines is 1. The highest BCUT2D eigenvalue weighted by atomic mass is 19.4. The number of hydrogen-bond acceptors (Lipinski definition) is 3. The first-order chi connectivity index (χ1) is 9.26. The number of alkyl halides is 3. The zero-order valence-corrected chi connectivity index (χ0v) is 11.0. The van der Waals surface area contributed by atoms with Crippen LogP contribution in [0.3, 0.4) is 0 Å². The van der Waals surface area contributed by atoms with Crippen LogP contribution in [-0.4, -0.2) is 24.7 Å². The molecule has 0 saturated carbocycles. The van der Waals surface area contributed by atoms with E-state index < -0.39 is 12.8 Å². The summed E-state index contributed by atoms with van der Waals surface area (Å²) in [6.45, 7) is 0.425. The lowest BCUT2D eigenvalue weighted by Gasteiger charge is -2.11. The van der Waals surface area contributed by atoms with Crippen LogP contribution >= 0.6 is 0 Å². The number of halogens is 3. The van der Waals surface area contributed by atoms with Crippen LogP contribution in [0.1, 0.15) is 19.8 Å². The number of rotatable bonds is 6. The third-order valence-electron chi connectivity index (χ3n) is 2.35. The molecule has 4 nitrogen and oxygen atoms in total. The third-order valence-corrected chi connectivity index (χ3v) is 2.35. The van der Waals surface area contributed by atoms with Crippen molar-refractivity contribution in [3.8, 4) is 5.75 Å². The predicted molar refractivity (Wildman–Crippen MR) is 69.5 cm³/mol. The van der Waals surface area contributed by atoms with Gasteiger partial charge in [-0.1, -0.05) is 6.07 Å². The summed E-state index contributed by atoms with van der Waals surface area (Å²) in [6.07, 6.45) is -3.60. The number of amides is 1. The smallest absolute Gasteiger partial charge is 0.422 e. The summed E-state index contributed by atoms with van der Waals surface area (Å²) in [5, 5.41) is 2.58. The van der Waals surface area contributed by atoms with Crippen molar-refractivity contribution in [2.24, 2.45) is 5.73 Å². The molecule has 1 rings (SSSR count). The van der Waals surface area contributed by atoms with Gasteiger partial charge in [-0.15, -0.1) is 0 Å². The second-order valence-electron chi connectivity index (χ2n) is 4.50. The first kappa shape index (κ1) is 16.3. The maximum atomic E-state index is 12.0. The molecule has 112 valence electrons. The zero-order chi connectivity index (χ0) is 15.2. The minimum absolute atomic E-state index is 0.0484. The molecule has 0 aliphatic heterocycles. The van der Waals surface area contributed by atoms with Crippen LogP contribution in [0.25, 0.3) is 0 Å². The Morgan fingerprint density at radius 1 is 1.45 bits per heavy atom. The van der Waals surface area contributed by atoms with Gasteiger partial charge in [0.1, 0.15) is 5.75 Å². The van der Waals surface area contributed by atoms with Crippen molar-refractivity contribution in [3.63, 3.8) is 0 Å². The average molecular weight is 290 g/mol. The molecule has 1 aromatic carbocycles. The summed E-state index contributed by atoms with van der Waals surface area (Å²) in [6, 6.07) is 5.73. The number of hydrogen-bond donors (Lipinski definition) is 2. The molecule has 0 saturated heterocycles. The monoisotopic (exact) mass is 290 g/mol. The Morgan fingerprint density at radius 2 is 2.15 bits per heavy atom. The fourth-order valence-corrected chi connectivity index (χ4v) is 1.41. The molecule has 1 atom stereocenters. The highest BCUT2D eigenvalue weighted by Gasteiger charge is 2.28. The first-order valence-electron chi connectivity index (χ1n) is 6.11. The summed E-state index contributed by atoms with van der Waals surface area (Å²) in [7, 11) is 0. The molecule has 3 N–H and O–H groups in total. The number of carbonyl (C=O) groups excluding carboxylic acids is 1. The van der Waals surface area contributed by atoms with Crippen LogP contribution in [0.5, 0.6) is 5.75 Å². The highest BCUT2D eigenvalue weighted by Crippen LogP contribution is 2.21. The van der Waals surface area contributed by atoms with Gasteiger partial charge in [0.2, 0.25) is 5.91 Å². The highest BCUT2D eigenvalue weighted by molar-refractivity contribution is 5.90. The van der Waals surface area contributed by atoms with E-state index in [0.717, 1.165) is 0 Å². The molecule has 1 aromatic rings. The second kappa shape index (κ2) is 7.14. The van der Waals surface area contributed by atoms with Gasteiger partial charge >= 0.3 is 6.18 Å². The van der Waals surface area contributed by atoms with Gasteiger partial charge in [0, 0.05) is 24.2 Å². The Kier molecular flexibility index (Phi) is 5.82. The maximum absolute atomic E-state index is 12.0. The minimum atomic E-state index is -4.39. The Bertz CT molecular complexity index is 447. The molecule has 0 spiro atoms. The van der Waals surface area contributed by atoms with Crippen molar-refractivity contribution in [2.75, 3.05) is 11.9 Å². The zero-order valence-electron chi connectivity index (χ0n) is 11.0. The van der Waals surface area contributed by atoms with E-state index in [1.165, 1.54) is 18.2 Å². The van der Waals surface area contributed by atoms with Gasteiger partial charge < -0.3 is 15.8 Å². The SMILES string of the molecule is CC(N)CCC(=O)Nc1cccc(OCC(F)(F)F)c1. The minimum Gasteiger partial charge on any atom is -0.484 e. The average Bonchev–Trinajstić information content (AvgIpc) is 2.34. The molecule has 0 heterocycles. The molecule has 7 heteroatoms. The van der Waals surface area contributed by atoms with Gasteiger partial charge in [-0.05, 0) is 25.5 Å². The van der Waals surface area contributed by atoms with Crippen LogP contribution in [0.2, 0.25) is 0 Å². The van der Waals surface area contributed by atoms with E-state index in [1.54, 1.807) is 13.0 Å². The molecule has 0 radical (unpaired) electrons. The topological polar surface area (TPSA) is 64.4 Å². The first-order valence-corrected chi connectivity index (χ1v) is 6.11. The molecule has 0 aromatic heterocycles. The van der Waals surface area contributed by atoms with E-state index in [9.17, 15) is 18.0 Å². The molecule has 0 aliphatic carbocycles. The van der Waals surface area contributed by atoms with Crippen molar-refractivity contribution in [3.05, 3.63) is 24.3 Å². The fraction of sp³-hybridized carbons (Fsp3) is 0.462. The van der Waals surface area contributed by atoms with Crippen LogP contribution in [0.15, 0.2) is 24.3 Å². The largest absolute Gasteiger partial charge is 0.484 e. The number of nitrogens with one attached hydrogen (secondary N) is 1. The van der Waals surface area contributed by atoms with Crippen molar-refractivity contribution in [1.29, 1.82) is 0 Å². The van der Waals surface area contributed by atoms with E-state index in [-0.39, 0.29) is 24.1 Å². The Morgan fingerprint density at radius 3 is 2.75 bits per heavy atom. The molecule has 1 amide bonds. The molecular formula is C13H17F3N2O2. The van der Waals surface area contributed by atoms with Crippen molar-refractivity contribution >= 4 is 11.6 Å². The predicted octanol–water partition coefficient (Wildman–Crippen LogP) is 2.69. The number of ether oxygens (including phenoxy) is 1. The summed E-state index contributed by atoms with van der Waals surface area (Å²) >= 11 is 0. The van der Waals surface area contributed by atoms with E-state index in [0.29, 0.717) is 12.1 Å². The van der Waals surface area contributed by atoms with Gasteiger partial charge in [0.25, 0.3) is 0 Å². The standard InChI is InChI=1S/C13H17F3N2O2/c1-9(17)5-6-12(19)18-10-3-2-4-11(7-10)20-8-13(14,15)16/h2-4,7,9H,5-6,8,17H2,1H3,(H,18,19). The number of nitrogens with two attached hydrogens (primary N) is 1. The Labute approximate surface area is 115 Å². The quantitative estimate of drug-likeness (QED) is 0.846. The molecule has 1 unspecified atom stereocenters. The van der Waals surface area contributed by atoms with Gasteiger partial charge in [0.15, 0.2) is 6.61 Å². The maximum Gasteiger partial charge on any atom is 0.422 e. The Balaban J connectivity index is 2.53. The summed E-state index contributed by atoms with van der Waals surface area (Å²) in [5.41, 5.74) is 5.92. The fourth-order valence-electron chi connectivity index (χ4n) is 1.41. The summed E-state index contributed by atoms with van der Waals surface area (Å²) < 4.78 is 40.7. The number of benzene rings is 1. The van der Waals surface area contributed by atoms with E-state index in [4.69, 9.17) is 5.73 Å². The van der Waals surface area contributed by atoms with Crippen molar-refractivity contribution < 1.29 is 22.7 Å². The van der Waals surface area contributed by atoms with Crippen LogP contribution in [0, 0.1) is 0 Å². The van der Waals surface area contributed by atoms with E-state index in [1.807, 2.05) is 0 Å². The van der Waals surface area contributed by atoms with Crippen LogP contribution in [0.4, 0.5) is 18.9 Å². The van der Waals surface area contributed by atoms with Gasteiger partial charge in [-0.25, -0.2) is 0 Å². The van der Waals surface area contributed by atoms with E-state index >= 15 is 0 Å². The van der Waals surface area contributed by atoms with Gasteiger partial charge in [0.05, 0.1) is 0 Å². The summed E-state index contributed by atoms with van der Waals surface area (Å²) in [5.74, 6) is -0.192. The van der Waals surface area contributed by atoms with E-state index in [2.05, 4.69) is 10.1 Å². The molecule has 0 bridgehead atoms. The molecule has 0 fully saturated rings. The Hall–Kier alpha value is -1.76. The van der Waals surface area contributed by atoms with Crippen molar-refractivity contribution in [2.45, 2.75) is 32.0 Å².